The van der Waals surface area contributed by atoms with Crippen molar-refractivity contribution in [2.75, 3.05) is 17.6 Å². The van der Waals surface area contributed by atoms with Gasteiger partial charge in [-0.1, -0.05) is 23.2 Å². The van der Waals surface area contributed by atoms with Crippen molar-refractivity contribution in [2.45, 2.75) is 0 Å². The van der Waals surface area contributed by atoms with E-state index in [2.05, 4.69) is 4.74 Å². The SMILES string of the molecule is COC(=O)CS(=O)(=O)Nc1c(Cl)cc(Cl)cc1C(=O)O. The number of rotatable bonds is 5. The highest BCUT2D eigenvalue weighted by Crippen LogP contribution is 2.31. The fraction of sp³-hybridized carbons (Fsp3) is 0.200. The van der Waals surface area contributed by atoms with Crippen LogP contribution in [0.3, 0.4) is 0 Å². The van der Waals surface area contributed by atoms with Gasteiger partial charge in [-0.15, -0.1) is 0 Å². The lowest BCUT2D eigenvalue weighted by Gasteiger charge is -2.12. The van der Waals surface area contributed by atoms with Crippen molar-refractivity contribution in [3.63, 3.8) is 0 Å². The van der Waals surface area contributed by atoms with Gasteiger partial charge in [0.1, 0.15) is 0 Å². The standard InChI is InChI=1S/C10H9Cl2NO6S/c1-19-8(14)4-20(17,18)13-9-6(10(15)16)2-5(11)3-7(9)12/h2-3,13H,4H2,1H3,(H,15,16). The Morgan fingerprint density at radius 1 is 1.35 bits per heavy atom. The van der Waals surface area contributed by atoms with Crippen LogP contribution in [0, 0.1) is 0 Å². The lowest BCUT2D eigenvalue weighted by Crippen LogP contribution is -2.24. The Labute approximate surface area is 124 Å². The molecule has 7 nitrogen and oxygen atoms in total. The minimum absolute atomic E-state index is 0.0308. The number of hydrogen-bond donors (Lipinski definition) is 2. The number of esters is 1. The Bertz CT molecular complexity index is 658. The molecule has 1 aromatic carbocycles. The lowest BCUT2D eigenvalue weighted by atomic mass is 10.2. The predicted octanol–water partition coefficient (Wildman–Crippen LogP) is 1.61. The van der Waals surface area contributed by atoms with Crippen molar-refractivity contribution in [1.29, 1.82) is 0 Å². The van der Waals surface area contributed by atoms with Crippen molar-refractivity contribution in [2.24, 2.45) is 0 Å². The number of aromatic carboxylic acids is 1. The summed E-state index contributed by atoms with van der Waals surface area (Å²) >= 11 is 11.4. The zero-order chi connectivity index (χ0) is 15.5. The van der Waals surface area contributed by atoms with E-state index in [9.17, 15) is 18.0 Å². The number of benzene rings is 1. The molecule has 20 heavy (non-hydrogen) atoms. The molecule has 0 saturated heterocycles. The number of methoxy groups -OCH3 is 1. The first-order valence-corrected chi connectivity index (χ1v) is 7.36. The van der Waals surface area contributed by atoms with Gasteiger partial charge in [0.05, 0.1) is 23.4 Å². The van der Waals surface area contributed by atoms with Gasteiger partial charge in [-0.3, -0.25) is 9.52 Å². The van der Waals surface area contributed by atoms with E-state index in [-0.39, 0.29) is 15.7 Å². The Morgan fingerprint density at radius 2 is 1.95 bits per heavy atom. The zero-order valence-corrected chi connectivity index (χ0v) is 12.3. The van der Waals surface area contributed by atoms with Crippen molar-refractivity contribution >= 4 is 50.9 Å². The molecule has 110 valence electrons. The molecule has 0 atom stereocenters. The van der Waals surface area contributed by atoms with E-state index in [0.29, 0.717) is 0 Å². The van der Waals surface area contributed by atoms with Crippen LogP contribution in [0.1, 0.15) is 10.4 Å². The average Bonchev–Trinajstić information content (AvgIpc) is 2.31. The highest BCUT2D eigenvalue weighted by molar-refractivity contribution is 7.93. The third-order valence-corrected chi connectivity index (χ3v) is 3.73. The zero-order valence-electron chi connectivity index (χ0n) is 10.0. The maximum absolute atomic E-state index is 11.7. The van der Waals surface area contributed by atoms with Gasteiger partial charge < -0.3 is 9.84 Å². The summed E-state index contributed by atoms with van der Waals surface area (Å²) in [6.45, 7) is 0. The van der Waals surface area contributed by atoms with Crippen LogP contribution in [-0.2, 0) is 19.6 Å². The average molecular weight is 342 g/mol. The van der Waals surface area contributed by atoms with Crippen LogP contribution in [0.15, 0.2) is 12.1 Å². The second-order valence-electron chi connectivity index (χ2n) is 3.55. The van der Waals surface area contributed by atoms with Gasteiger partial charge in [-0.25, -0.2) is 13.2 Å². The minimum Gasteiger partial charge on any atom is -0.478 e. The van der Waals surface area contributed by atoms with Crippen molar-refractivity contribution in [3.05, 3.63) is 27.7 Å². The minimum atomic E-state index is -4.15. The Morgan fingerprint density at radius 3 is 2.45 bits per heavy atom. The van der Waals surface area contributed by atoms with Gasteiger partial charge in [0.15, 0.2) is 5.75 Å². The molecule has 0 aliphatic carbocycles. The second kappa shape index (κ2) is 6.29. The van der Waals surface area contributed by atoms with Crippen LogP contribution in [-0.4, -0.2) is 38.3 Å². The number of nitrogens with one attached hydrogen (secondary N) is 1. The van der Waals surface area contributed by atoms with E-state index < -0.39 is 33.3 Å². The molecule has 0 radical (unpaired) electrons. The molecule has 0 bridgehead atoms. The molecule has 0 unspecified atom stereocenters. The van der Waals surface area contributed by atoms with Crippen LogP contribution < -0.4 is 4.72 Å². The summed E-state index contributed by atoms with van der Waals surface area (Å²) in [6, 6.07) is 2.21. The van der Waals surface area contributed by atoms with E-state index in [1.54, 1.807) is 0 Å². The molecule has 0 saturated carbocycles. The number of carboxylic acid groups (broad SMARTS) is 1. The Hall–Kier alpha value is -1.51. The predicted molar refractivity (Wildman–Crippen MR) is 72.8 cm³/mol. The van der Waals surface area contributed by atoms with E-state index in [0.717, 1.165) is 13.2 Å². The molecule has 10 heteroatoms. The lowest BCUT2D eigenvalue weighted by molar-refractivity contribution is -0.137. The fourth-order valence-electron chi connectivity index (χ4n) is 1.25. The quantitative estimate of drug-likeness (QED) is 0.787. The molecule has 0 aromatic heterocycles. The van der Waals surface area contributed by atoms with Gasteiger partial charge in [0.2, 0.25) is 10.0 Å². The maximum Gasteiger partial charge on any atom is 0.337 e. The highest BCUT2D eigenvalue weighted by atomic mass is 35.5. The van der Waals surface area contributed by atoms with Gasteiger partial charge in [-0.2, -0.15) is 0 Å². The summed E-state index contributed by atoms with van der Waals surface area (Å²) in [5.41, 5.74) is -0.802. The van der Waals surface area contributed by atoms with Crippen LogP contribution in [0.4, 0.5) is 5.69 Å². The number of halogens is 2. The first kappa shape index (κ1) is 16.5. The van der Waals surface area contributed by atoms with Gasteiger partial charge >= 0.3 is 11.9 Å². The molecule has 0 aliphatic heterocycles. The summed E-state index contributed by atoms with van der Waals surface area (Å²) in [4.78, 5) is 22.0. The molecule has 0 spiro atoms. The second-order valence-corrected chi connectivity index (χ2v) is 6.12. The monoisotopic (exact) mass is 341 g/mol. The Balaban J connectivity index is 3.21. The van der Waals surface area contributed by atoms with Crippen molar-refractivity contribution in [3.8, 4) is 0 Å². The van der Waals surface area contributed by atoms with E-state index in [4.69, 9.17) is 28.3 Å². The van der Waals surface area contributed by atoms with Crippen molar-refractivity contribution in [1.82, 2.24) is 0 Å². The van der Waals surface area contributed by atoms with Gasteiger partial charge in [0, 0.05) is 5.02 Å². The number of anilines is 1. The molecule has 1 aromatic rings. The van der Waals surface area contributed by atoms with Crippen LogP contribution in [0.2, 0.25) is 10.0 Å². The maximum atomic E-state index is 11.7. The molecular formula is C10H9Cl2NO6S. The smallest absolute Gasteiger partial charge is 0.337 e. The first-order chi connectivity index (χ1) is 9.16. The summed E-state index contributed by atoms with van der Waals surface area (Å²) in [5, 5.41) is 8.82. The molecule has 0 aliphatic rings. The molecule has 1 rings (SSSR count). The van der Waals surface area contributed by atoms with E-state index >= 15 is 0 Å². The molecule has 0 amide bonds. The van der Waals surface area contributed by atoms with Crippen molar-refractivity contribution < 1.29 is 27.9 Å². The first-order valence-electron chi connectivity index (χ1n) is 4.96. The summed E-state index contributed by atoms with van der Waals surface area (Å²) in [5.74, 6) is -3.40. The molecule has 2 N–H and O–H groups in total. The van der Waals surface area contributed by atoms with Crippen LogP contribution in [0.25, 0.3) is 0 Å². The fourth-order valence-corrected chi connectivity index (χ4v) is 2.88. The number of carbonyl (C=O) groups excluding carboxylic acids is 1. The molecule has 0 heterocycles. The molecule has 0 fully saturated rings. The number of carboxylic acids is 1. The summed E-state index contributed by atoms with van der Waals surface area (Å²) in [7, 11) is -3.13. The normalized spacial score (nSPS) is 10.9. The summed E-state index contributed by atoms with van der Waals surface area (Å²) in [6.07, 6.45) is 0. The van der Waals surface area contributed by atoms with Gasteiger partial charge in [-0.05, 0) is 12.1 Å². The number of hydrogen-bond acceptors (Lipinski definition) is 5. The van der Waals surface area contributed by atoms with Crippen LogP contribution in [0.5, 0.6) is 0 Å². The molecular weight excluding hydrogens is 333 g/mol. The Kier molecular flexibility index (Phi) is 5.21. The summed E-state index contributed by atoms with van der Waals surface area (Å²) < 4.78 is 29.5. The van der Waals surface area contributed by atoms with E-state index in [1.165, 1.54) is 6.07 Å². The number of carbonyl (C=O) groups is 2. The highest BCUT2D eigenvalue weighted by Gasteiger charge is 2.22. The third kappa shape index (κ3) is 4.26. The van der Waals surface area contributed by atoms with Crippen LogP contribution >= 0.6 is 23.2 Å². The number of ether oxygens (including phenoxy) is 1. The van der Waals surface area contributed by atoms with E-state index in [1.807, 2.05) is 4.72 Å². The largest absolute Gasteiger partial charge is 0.478 e. The van der Waals surface area contributed by atoms with Gasteiger partial charge in [0.25, 0.3) is 0 Å². The third-order valence-electron chi connectivity index (χ3n) is 2.08. The topological polar surface area (TPSA) is 110 Å². The number of sulfonamides is 1.